The molecule has 1 aliphatic rings. The molecule has 1 fully saturated rings. The SMILES string of the molecule is CC(C)(C)CC(C)(C)NCC(=O)N1[C@H](C#N)CC[C@@H]1C#N.Cl. The van der Waals surface area contributed by atoms with E-state index in [1.807, 2.05) is 0 Å². The molecule has 1 aliphatic heterocycles. The first kappa shape index (κ1) is 20.7. The average Bonchev–Trinajstić information content (AvgIpc) is 2.76. The van der Waals surface area contributed by atoms with Crippen molar-refractivity contribution in [1.29, 1.82) is 10.5 Å². The number of carbonyl (C=O) groups is 1. The molecule has 1 amide bonds. The zero-order chi connectivity index (χ0) is 16.3. The predicted molar refractivity (Wildman–Crippen MR) is 88.3 cm³/mol. The van der Waals surface area contributed by atoms with Crippen LogP contribution in [-0.2, 0) is 4.79 Å². The molecule has 0 bridgehead atoms. The standard InChI is InChI=1S/C16H26N4O.ClH/c1-15(2,3)11-16(4,5)19-10-14(21)20-12(8-17)6-7-13(20)9-18;/h12-13,19H,6-7,10-11H2,1-5H3;1H/t12-,13+;. The van der Waals surface area contributed by atoms with E-state index in [1.54, 1.807) is 0 Å². The molecular formula is C16H27ClN4O. The fourth-order valence-corrected chi connectivity index (χ4v) is 3.21. The Labute approximate surface area is 140 Å². The van der Waals surface area contributed by atoms with Gasteiger partial charge in [-0.25, -0.2) is 0 Å². The lowest BCUT2D eigenvalue weighted by atomic mass is 9.82. The van der Waals surface area contributed by atoms with Crippen LogP contribution in [0, 0.1) is 28.1 Å². The summed E-state index contributed by atoms with van der Waals surface area (Å²) in [5.41, 5.74) is -0.00448. The van der Waals surface area contributed by atoms with E-state index >= 15 is 0 Å². The minimum atomic E-state index is -0.463. The van der Waals surface area contributed by atoms with E-state index < -0.39 is 12.1 Å². The molecular weight excluding hydrogens is 300 g/mol. The number of nitrogens with zero attached hydrogens (tertiary/aromatic N) is 3. The van der Waals surface area contributed by atoms with E-state index in [1.165, 1.54) is 4.90 Å². The third-order valence-electron chi connectivity index (χ3n) is 3.66. The predicted octanol–water partition coefficient (Wildman–Crippen LogP) is 2.62. The molecule has 124 valence electrons. The van der Waals surface area contributed by atoms with Crippen LogP contribution in [0.5, 0.6) is 0 Å². The van der Waals surface area contributed by atoms with E-state index in [4.69, 9.17) is 10.5 Å². The van der Waals surface area contributed by atoms with Crippen molar-refractivity contribution < 1.29 is 4.79 Å². The van der Waals surface area contributed by atoms with Crippen molar-refractivity contribution in [1.82, 2.24) is 10.2 Å². The summed E-state index contributed by atoms with van der Waals surface area (Å²) in [6.45, 7) is 10.8. The van der Waals surface area contributed by atoms with Gasteiger partial charge >= 0.3 is 0 Å². The molecule has 5 nitrogen and oxygen atoms in total. The number of nitriles is 2. The van der Waals surface area contributed by atoms with Crippen molar-refractivity contribution in [2.45, 2.75) is 71.5 Å². The van der Waals surface area contributed by atoms with Crippen LogP contribution in [0.25, 0.3) is 0 Å². The number of amides is 1. The Morgan fingerprint density at radius 2 is 1.59 bits per heavy atom. The number of hydrogen-bond donors (Lipinski definition) is 1. The molecule has 0 radical (unpaired) electrons. The maximum absolute atomic E-state index is 12.4. The van der Waals surface area contributed by atoms with Gasteiger partial charge in [0.25, 0.3) is 0 Å². The molecule has 1 rings (SSSR count). The average molecular weight is 327 g/mol. The van der Waals surface area contributed by atoms with Gasteiger partial charge in [-0.3, -0.25) is 4.79 Å². The number of halogens is 1. The van der Waals surface area contributed by atoms with Crippen LogP contribution in [0.15, 0.2) is 0 Å². The van der Waals surface area contributed by atoms with E-state index in [0.717, 1.165) is 6.42 Å². The van der Waals surface area contributed by atoms with Crippen LogP contribution in [0.2, 0.25) is 0 Å². The van der Waals surface area contributed by atoms with Crippen molar-refractivity contribution in [2.24, 2.45) is 5.41 Å². The van der Waals surface area contributed by atoms with Crippen molar-refractivity contribution in [3.8, 4) is 12.1 Å². The summed E-state index contributed by atoms with van der Waals surface area (Å²) in [5, 5.41) is 21.5. The Balaban J connectivity index is 0.00000441. The molecule has 22 heavy (non-hydrogen) atoms. The molecule has 1 heterocycles. The topological polar surface area (TPSA) is 79.9 Å². The van der Waals surface area contributed by atoms with Crippen molar-refractivity contribution >= 4 is 18.3 Å². The monoisotopic (exact) mass is 326 g/mol. The van der Waals surface area contributed by atoms with Gasteiger partial charge in [0.1, 0.15) is 12.1 Å². The van der Waals surface area contributed by atoms with Crippen molar-refractivity contribution in [3.63, 3.8) is 0 Å². The lowest BCUT2D eigenvalue weighted by Gasteiger charge is -2.34. The van der Waals surface area contributed by atoms with Crippen LogP contribution in [-0.4, -0.2) is 35.0 Å². The fraction of sp³-hybridized carbons (Fsp3) is 0.812. The normalized spacial score (nSPS) is 21.7. The highest BCUT2D eigenvalue weighted by Crippen LogP contribution is 2.27. The van der Waals surface area contributed by atoms with Gasteiger partial charge in [-0.2, -0.15) is 10.5 Å². The Morgan fingerprint density at radius 3 is 1.95 bits per heavy atom. The summed E-state index contributed by atoms with van der Waals surface area (Å²) in [4.78, 5) is 13.8. The number of rotatable bonds is 4. The lowest BCUT2D eigenvalue weighted by Crippen LogP contribution is -2.50. The van der Waals surface area contributed by atoms with Crippen LogP contribution in [0.4, 0.5) is 0 Å². The molecule has 1 N–H and O–H groups in total. The molecule has 0 spiro atoms. The summed E-state index contributed by atoms with van der Waals surface area (Å²) in [5.74, 6) is -0.160. The molecule has 1 saturated heterocycles. The number of hydrogen-bond acceptors (Lipinski definition) is 4. The molecule has 0 unspecified atom stereocenters. The highest BCUT2D eigenvalue weighted by molar-refractivity contribution is 5.85. The van der Waals surface area contributed by atoms with Crippen LogP contribution in [0.3, 0.4) is 0 Å². The van der Waals surface area contributed by atoms with Gasteiger partial charge in [0.15, 0.2) is 0 Å². The highest BCUT2D eigenvalue weighted by atomic mass is 35.5. The zero-order valence-corrected chi connectivity index (χ0v) is 15.0. The van der Waals surface area contributed by atoms with E-state index in [-0.39, 0.29) is 35.8 Å². The van der Waals surface area contributed by atoms with Gasteiger partial charge < -0.3 is 10.2 Å². The Hall–Kier alpha value is -1.30. The first-order valence-corrected chi connectivity index (χ1v) is 7.45. The zero-order valence-electron chi connectivity index (χ0n) is 14.1. The number of nitrogens with one attached hydrogen (secondary N) is 1. The van der Waals surface area contributed by atoms with Gasteiger partial charge in [0, 0.05) is 5.54 Å². The summed E-state index contributed by atoms with van der Waals surface area (Å²) < 4.78 is 0. The molecule has 0 aromatic rings. The Bertz CT molecular complexity index is 448. The number of carbonyl (C=O) groups excluding carboxylic acids is 1. The third kappa shape index (κ3) is 5.83. The minimum absolute atomic E-state index is 0. The van der Waals surface area contributed by atoms with E-state index in [2.05, 4.69) is 52.1 Å². The third-order valence-corrected chi connectivity index (χ3v) is 3.66. The molecule has 0 aromatic carbocycles. The molecule has 0 aliphatic carbocycles. The fourth-order valence-electron chi connectivity index (χ4n) is 3.21. The molecule has 0 saturated carbocycles. The smallest absolute Gasteiger partial charge is 0.238 e. The van der Waals surface area contributed by atoms with E-state index in [0.29, 0.717) is 12.8 Å². The van der Waals surface area contributed by atoms with Gasteiger partial charge in [-0.15, -0.1) is 12.4 Å². The quantitative estimate of drug-likeness (QED) is 0.861. The van der Waals surface area contributed by atoms with Crippen LogP contribution >= 0.6 is 12.4 Å². The molecule has 6 heteroatoms. The maximum Gasteiger partial charge on any atom is 0.238 e. The van der Waals surface area contributed by atoms with Crippen LogP contribution in [0.1, 0.15) is 53.9 Å². The van der Waals surface area contributed by atoms with Gasteiger partial charge in [-0.05, 0) is 38.5 Å². The largest absolute Gasteiger partial charge is 0.310 e. The van der Waals surface area contributed by atoms with Crippen molar-refractivity contribution in [3.05, 3.63) is 0 Å². The van der Waals surface area contributed by atoms with E-state index in [9.17, 15) is 4.79 Å². The first-order chi connectivity index (χ1) is 9.59. The second kappa shape index (κ2) is 7.81. The summed E-state index contributed by atoms with van der Waals surface area (Å²) >= 11 is 0. The second-order valence-corrected chi connectivity index (χ2v) is 7.64. The van der Waals surface area contributed by atoms with Gasteiger partial charge in [-0.1, -0.05) is 20.8 Å². The van der Waals surface area contributed by atoms with Crippen LogP contribution < -0.4 is 5.32 Å². The maximum atomic E-state index is 12.4. The molecule has 2 atom stereocenters. The van der Waals surface area contributed by atoms with Gasteiger partial charge in [0.05, 0.1) is 18.7 Å². The summed E-state index contributed by atoms with van der Waals surface area (Å²) in [6, 6.07) is 3.32. The highest BCUT2D eigenvalue weighted by Gasteiger charge is 2.37. The Kier molecular flexibility index (Phi) is 7.35. The lowest BCUT2D eigenvalue weighted by molar-refractivity contribution is -0.131. The molecule has 0 aromatic heterocycles. The summed E-state index contributed by atoms with van der Waals surface area (Å²) in [7, 11) is 0. The Morgan fingerprint density at radius 1 is 1.14 bits per heavy atom. The van der Waals surface area contributed by atoms with Crippen molar-refractivity contribution in [2.75, 3.05) is 6.54 Å². The summed E-state index contributed by atoms with van der Waals surface area (Å²) in [6.07, 6.45) is 2.11. The van der Waals surface area contributed by atoms with Gasteiger partial charge in [0.2, 0.25) is 5.91 Å². The first-order valence-electron chi connectivity index (χ1n) is 7.45. The second-order valence-electron chi connectivity index (χ2n) is 7.64. The minimum Gasteiger partial charge on any atom is -0.310 e. The number of likely N-dealkylation sites (tertiary alicyclic amines) is 1.